The number of hydrogen-bond donors (Lipinski definition) is 2. The summed E-state index contributed by atoms with van der Waals surface area (Å²) in [7, 11) is -2.42. The third kappa shape index (κ3) is 4.44. The maximum absolute atomic E-state index is 12.5. The van der Waals surface area contributed by atoms with Gasteiger partial charge in [-0.2, -0.15) is 4.31 Å². The van der Waals surface area contributed by atoms with Crippen LogP contribution in [0.25, 0.3) is 0 Å². The van der Waals surface area contributed by atoms with E-state index in [1.165, 1.54) is 13.1 Å². The monoisotopic (exact) mass is 313 g/mol. The molecule has 0 atom stereocenters. The molecule has 0 radical (unpaired) electrons. The molecule has 1 aromatic carbocycles. The Hall–Kier alpha value is -1.60. The lowest BCUT2D eigenvalue weighted by Crippen LogP contribution is -2.39. The molecule has 0 aliphatic heterocycles. The largest absolute Gasteiger partial charge is 0.398 e. The molecular weight excluding hydrogens is 290 g/mol. The van der Waals surface area contributed by atoms with Crippen molar-refractivity contribution in [3.8, 4) is 0 Å². The van der Waals surface area contributed by atoms with Crippen LogP contribution in [0.3, 0.4) is 0 Å². The van der Waals surface area contributed by atoms with Crippen LogP contribution >= 0.6 is 0 Å². The number of anilines is 1. The number of hydrogen-bond acceptors (Lipinski definition) is 4. The number of nitrogens with one attached hydrogen (secondary N) is 1. The molecule has 1 rings (SSSR count). The van der Waals surface area contributed by atoms with Gasteiger partial charge in [0.1, 0.15) is 4.90 Å². The number of nitrogens with two attached hydrogens (primary N) is 1. The van der Waals surface area contributed by atoms with Crippen LogP contribution in [-0.4, -0.2) is 38.8 Å². The molecule has 1 aromatic rings. The number of aryl methyl sites for hydroxylation is 1. The van der Waals surface area contributed by atoms with E-state index in [1.807, 2.05) is 13.8 Å². The van der Waals surface area contributed by atoms with Crippen molar-refractivity contribution in [3.63, 3.8) is 0 Å². The van der Waals surface area contributed by atoms with Crippen molar-refractivity contribution in [2.45, 2.75) is 25.7 Å². The average Bonchev–Trinajstić information content (AvgIpc) is 2.35. The highest BCUT2D eigenvalue weighted by Crippen LogP contribution is 2.24. The number of nitrogen functional groups attached to an aromatic ring is 1. The second kappa shape index (κ2) is 6.91. The molecule has 0 saturated carbocycles. The van der Waals surface area contributed by atoms with Crippen LogP contribution in [0.2, 0.25) is 0 Å². The Bertz CT molecular complexity index is 592. The van der Waals surface area contributed by atoms with Crippen LogP contribution in [0.4, 0.5) is 5.69 Å². The SMILES string of the molecule is Cc1cccc(N)c1S(=O)(=O)N(C)CC(=O)NCC(C)C. The van der Waals surface area contributed by atoms with E-state index < -0.39 is 10.0 Å². The van der Waals surface area contributed by atoms with Crippen molar-refractivity contribution in [1.29, 1.82) is 0 Å². The zero-order chi connectivity index (χ0) is 16.2. The lowest BCUT2D eigenvalue weighted by molar-refractivity contribution is -0.121. The van der Waals surface area contributed by atoms with Gasteiger partial charge in [0.2, 0.25) is 15.9 Å². The van der Waals surface area contributed by atoms with Crippen LogP contribution in [0, 0.1) is 12.8 Å². The molecule has 118 valence electrons. The van der Waals surface area contributed by atoms with E-state index in [0.717, 1.165) is 4.31 Å². The fourth-order valence-electron chi connectivity index (χ4n) is 1.84. The van der Waals surface area contributed by atoms with Gasteiger partial charge in [0.05, 0.1) is 12.2 Å². The predicted molar refractivity (Wildman–Crippen MR) is 83.3 cm³/mol. The fraction of sp³-hybridized carbons (Fsp3) is 0.500. The zero-order valence-corrected chi connectivity index (χ0v) is 13.7. The van der Waals surface area contributed by atoms with Gasteiger partial charge in [-0.3, -0.25) is 4.79 Å². The third-order valence-corrected chi connectivity index (χ3v) is 5.01. The van der Waals surface area contributed by atoms with Crippen LogP contribution in [-0.2, 0) is 14.8 Å². The Morgan fingerprint density at radius 3 is 2.52 bits per heavy atom. The number of rotatable bonds is 6. The molecule has 0 aromatic heterocycles. The normalized spacial score (nSPS) is 11.9. The van der Waals surface area contributed by atoms with Gasteiger partial charge in [-0.05, 0) is 24.5 Å². The Labute approximate surface area is 126 Å². The average molecular weight is 313 g/mol. The van der Waals surface area contributed by atoms with Gasteiger partial charge in [-0.15, -0.1) is 0 Å². The van der Waals surface area contributed by atoms with Crippen molar-refractivity contribution < 1.29 is 13.2 Å². The van der Waals surface area contributed by atoms with E-state index >= 15 is 0 Å². The minimum Gasteiger partial charge on any atom is -0.398 e. The van der Waals surface area contributed by atoms with E-state index in [-0.39, 0.29) is 23.0 Å². The molecule has 0 aliphatic rings. The van der Waals surface area contributed by atoms with Crippen molar-refractivity contribution in [3.05, 3.63) is 23.8 Å². The molecule has 1 amide bonds. The summed E-state index contributed by atoms with van der Waals surface area (Å²) >= 11 is 0. The van der Waals surface area contributed by atoms with E-state index in [9.17, 15) is 13.2 Å². The highest BCUT2D eigenvalue weighted by Gasteiger charge is 2.26. The molecule has 0 fully saturated rings. The Morgan fingerprint density at radius 1 is 1.38 bits per heavy atom. The Balaban J connectivity index is 2.90. The first-order valence-electron chi connectivity index (χ1n) is 6.74. The number of amides is 1. The summed E-state index contributed by atoms with van der Waals surface area (Å²) in [6.45, 7) is 5.89. The molecule has 7 heteroatoms. The van der Waals surface area contributed by atoms with Gasteiger partial charge in [0.15, 0.2) is 0 Å². The number of carbonyl (C=O) groups is 1. The Kier molecular flexibility index (Phi) is 5.74. The second-order valence-corrected chi connectivity index (χ2v) is 7.43. The minimum atomic E-state index is -3.79. The summed E-state index contributed by atoms with van der Waals surface area (Å²) in [5.41, 5.74) is 6.51. The number of nitrogens with zero attached hydrogens (tertiary/aromatic N) is 1. The molecule has 0 saturated heterocycles. The van der Waals surface area contributed by atoms with Crippen LogP contribution in [0.5, 0.6) is 0 Å². The lowest BCUT2D eigenvalue weighted by atomic mass is 10.2. The zero-order valence-electron chi connectivity index (χ0n) is 12.9. The second-order valence-electron chi connectivity index (χ2n) is 5.45. The topological polar surface area (TPSA) is 92.5 Å². The maximum Gasteiger partial charge on any atom is 0.245 e. The smallest absolute Gasteiger partial charge is 0.245 e. The fourth-order valence-corrected chi connectivity index (χ4v) is 3.28. The van der Waals surface area contributed by atoms with Crippen LogP contribution < -0.4 is 11.1 Å². The predicted octanol–water partition coefficient (Wildman–Crippen LogP) is 0.970. The van der Waals surface area contributed by atoms with E-state index in [0.29, 0.717) is 18.0 Å². The summed E-state index contributed by atoms with van der Waals surface area (Å²) in [4.78, 5) is 11.8. The molecule has 3 N–H and O–H groups in total. The number of benzene rings is 1. The summed E-state index contributed by atoms with van der Waals surface area (Å²) in [5.74, 6) is -0.0233. The molecule has 0 bridgehead atoms. The number of carbonyl (C=O) groups excluding carboxylic acids is 1. The Morgan fingerprint density at radius 2 is 2.00 bits per heavy atom. The van der Waals surface area contributed by atoms with Gasteiger partial charge in [-0.1, -0.05) is 26.0 Å². The first-order valence-corrected chi connectivity index (χ1v) is 8.18. The van der Waals surface area contributed by atoms with E-state index in [2.05, 4.69) is 5.32 Å². The number of likely N-dealkylation sites (N-methyl/N-ethyl adjacent to an activating group) is 1. The third-order valence-electron chi connectivity index (χ3n) is 2.98. The first kappa shape index (κ1) is 17.5. The molecule has 21 heavy (non-hydrogen) atoms. The summed E-state index contributed by atoms with van der Waals surface area (Å²) in [5, 5.41) is 2.69. The van der Waals surface area contributed by atoms with Gasteiger partial charge in [-0.25, -0.2) is 8.42 Å². The summed E-state index contributed by atoms with van der Waals surface area (Å²) in [6.07, 6.45) is 0. The van der Waals surface area contributed by atoms with Crippen LogP contribution in [0.15, 0.2) is 23.1 Å². The molecule has 0 unspecified atom stereocenters. The molecule has 0 spiro atoms. The highest BCUT2D eigenvalue weighted by atomic mass is 32.2. The van der Waals surface area contributed by atoms with Crippen molar-refractivity contribution in [2.75, 3.05) is 25.9 Å². The van der Waals surface area contributed by atoms with Crippen molar-refractivity contribution in [1.82, 2.24) is 9.62 Å². The van der Waals surface area contributed by atoms with Crippen LogP contribution in [0.1, 0.15) is 19.4 Å². The van der Waals surface area contributed by atoms with E-state index in [1.54, 1.807) is 19.1 Å². The van der Waals surface area contributed by atoms with E-state index in [4.69, 9.17) is 5.73 Å². The highest BCUT2D eigenvalue weighted by molar-refractivity contribution is 7.89. The van der Waals surface area contributed by atoms with Gasteiger partial charge < -0.3 is 11.1 Å². The molecular formula is C14H23N3O3S. The molecule has 6 nitrogen and oxygen atoms in total. The summed E-state index contributed by atoms with van der Waals surface area (Å²) < 4.78 is 26.0. The minimum absolute atomic E-state index is 0.0594. The van der Waals surface area contributed by atoms with Gasteiger partial charge >= 0.3 is 0 Å². The summed E-state index contributed by atoms with van der Waals surface area (Å²) in [6, 6.07) is 4.90. The number of sulfonamides is 1. The first-order chi connectivity index (χ1) is 9.66. The molecule has 0 aliphatic carbocycles. The van der Waals surface area contributed by atoms with Gasteiger partial charge in [0.25, 0.3) is 0 Å². The maximum atomic E-state index is 12.5. The quantitative estimate of drug-likeness (QED) is 0.765. The van der Waals surface area contributed by atoms with Crippen molar-refractivity contribution in [2.24, 2.45) is 5.92 Å². The molecule has 0 heterocycles. The van der Waals surface area contributed by atoms with Crippen molar-refractivity contribution >= 4 is 21.6 Å². The standard InChI is InChI=1S/C14H23N3O3S/c1-10(2)8-16-13(18)9-17(4)21(19,20)14-11(3)6-5-7-12(14)15/h5-7,10H,8-9,15H2,1-4H3,(H,16,18). The lowest BCUT2D eigenvalue weighted by Gasteiger charge is -2.19. The van der Waals surface area contributed by atoms with Gasteiger partial charge in [0, 0.05) is 13.6 Å².